The van der Waals surface area contributed by atoms with Crippen molar-refractivity contribution >= 4 is 11.6 Å². The molecule has 1 heterocycles. The zero-order valence-corrected chi connectivity index (χ0v) is 13.0. The molecule has 0 radical (unpaired) electrons. The number of amides is 1. The standard InChI is InChI=1S/C15H20N2O5/c1-4-15(2)10-22-9-8-16(15)14(18)11-6-5-7-12(21-3)13(11)17(19)20/h5-7H,4,8-10H2,1-3H3/t15-/m1/s1. The number of hydrogen-bond acceptors (Lipinski definition) is 5. The number of rotatable bonds is 4. The molecule has 0 aliphatic carbocycles. The maximum atomic E-state index is 12.9. The van der Waals surface area contributed by atoms with Crippen molar-refractivity contribution < 1.29 is 19.2 Å². The van der Waals surface area contributed by atoms with Gasteiger partial charge in [-0.3, -0.25) is 14.9 Å². The third kappa shape index (κ3) is 2.76. The van der Waals surface area contributed by atoms with Gasteiger partial charge in [0.15, 0.2) is 5.75 Å². The average molecular weight is 308 g/mol. The summed E-state index contributed by atoms with van der Waals surface area (Å²) in [5, 5.41) is 11.3. The predicted octanol–water partition coefficient (Wildman–Crippen LogP) is 2.24. The number of methoxy groups -OCH3 is 1. The monoisotopic (exact) mass is 308 g/mol. The van der Waals surface area contributed by atoms with Crippen molar-refractivity contribution in [3.63, 3.8) is 0 Å². The molecular weight excluding hydrogens is 288 g/mol. The van der Waals surface area contributed by atoms with E-state index in [-0.39, 0.29) is 22.9 Å². The number of morpholine rings is 1. The van der Waals surface area contributed by atoms with E-state index in [0.717, 1.165) is 0 Å². The first kappa shape index (κ1) is 16.2. The van der Waals surface area contributed by atoms with Crippen LogP contribution < -0.4 is 4.74 Å². The maximum Gasteiger partial charge on any atom is 0.323 e. The molecule has 1 aliphatic rings. The molecule has 1 amide bonds. The highest BCUT2D eigenvalue weighted by Gasteiger charge is 2.39. The minimum Gasteiger partial charge on any atom is -0.490 e. The number of hydrogen-bond donors (Lipinski definition) is 0. The topological polar surface area (TPSA) is 81.9 Å². The van der Waals surface area contributed by atoms with E-state index in [1.165, 1.54) is 19.2 Å². The van der Waals surface area contributed by atoms with Gasteiger partial charge in [-0.2, -0.15) is 0 Å². The molecule has 1 aromatic carbocycles. The zero-order valence-electron chi connectivity index (χ0n) is 13.0. The van der Waals surface area contributed by atoms with Crippen molar-refractivity contribution in [2.45, 2.75) is 25.8 Å². The van der Waals surface area contributed by atoms with E-state index >= 15 is 0 Å². The van der Waals surface area contributed by atoms with Crippen LogP contribution in [-0.2, 0) is 4.74 Å². The van der Waals surface area contributed by atoms with Crippen LogP contribution in [-0.4, -0.2) is 48.1 Å². The Kier molecular flexibility index (Phi) is 4.65. The Hall–Kier alpha value is -2.15. The van der Waals surface area contributed by atoms with Gasteiger partial charge in [0.25, 0.3) is 5.91 Å². The van der Waals surface area contributed by atoms with E-state index in [1.54, 1.807) is 11.0 Å². The molecule has 0 saturated carbocycles. The summed E-state index contributed by atoms with van der Waals surface area (Å²) in [6.45, 7) is 5.16. The molecule has 1 aliphatic heterocycles. The van der Waals surface area contributed by atoms with Crippen molar-refractivity contribution in [3.05, 3.63) is 33.9 Å². The van der Waals surface area contributed by atoms with Crippen LogP contribution in [0.15, 0.2) is 18.2 Å². The molecule has 1 aromatic rings. The van der Waals surface area contributed by atoms with Gasteiger partial charge in [0.05, 0.1) is 30.8 Å². The Morgan fingerprint density at radius 2 is 2.27 bits per heavy atom. The van der Waals surface area contributed by atoms with E-state index in [9.17, 15) is 14.9 Å². The van der Waals surface area contributed by atoms with Gasteiger partial charge in [-0.05, 0) is 25.5 Å². The molecule has 22 heavy (non-hydrogen) atoms. The van der Waals surface area contributed by atoms with Crippen LogP contribution in [0.3, 0.4) is 0 Å². The molecule has 7 heteroatoms. The summed E-state index contributed by atoms with van der Waals surface area (Å²) >= 11 is 0. The minimum atomic E-state index is -0.574. The second-order valence-electron chi connectivity index (χ2n) is 5.47. The summed E-state index contributed by atoms with van der Waals surface area (Å²) in [5.41, 5.74) is -0.711. The van der Waals surface area contributed by atoms with Gasteiger partial charge < -0.3 is 14.4 Å². The highest BCUT2D eigenvalue weighted by Crippen LogP contribution is 2.34. The largest absolute Gasteiger partial charge is 0.490 e. The summed E-state index contributed by atoms with van der Waals surface area (Å²) in [4.78, 5) is 25.3. The SMILES string of the molecule is CC[C@]1(C)COCCN1C(=O)c1cccc(OC)c1[N+](=O)[O-]. The highest BCUT2D eigenvalue weighted by atomic mass is 16.6. The van der Waals surface area contributed by atoms with Crippen LogP contribution in [0.2, 0.25) is 0 Å². The van der Waals surface area contributed by atoms with Crippen molar-refractivity contribution in [3.8, 4) is 5.75 Å². The number of ether oxygens (including phenoxy) is 2. The number of nitrogens with zero attached hydrogens (tertiary/aromatic N) is 2. The van der Waals surface area contributed by atoms with Gasteiger partial charge in [-0.1, -0.05) is 13.0 Å². The van der Waals surface area contributed by atoms with Gasteiger partial charge in [0.2, 0.25) is 0 Å². The fourth-order valence-electron chi connectivity index (χ4n) is 2.63. The molecule has 0 unspecified atom stereocenters. The lowest BCUT2D eigenvalue weighted by molar-refractivity contribution is -0.386. The summed E-state index contributed by atoms with van der Waals surface area (Å²) in [6, 6.07) is 4.53. The lowest BCUT2D eigenvalue weighted by Crippen LogP contribution is -2.57. The molecule has 0 N–H and O–H groups in total. The molecule has 1 atom stereocenters. The number of benzene rings is 1. The van der Waals surface area contributed by atoms with Gasteiger partial charge >= 0.3 is 5.69 Å². The van der Waals surface area contributed by atoms with Crippen molar-refractivity contribution in [1.82, 2.24) is 4.90 Å². The molecule has 0 spiro atoms. The van der Waals surface area contributed by atoms with Crippen LogP contribution in [0, 0.1) is 10.1 Å². The molecule has 1 saturated heterocycles. The maximum absolute atomic E-state index is 12.9. The first-order chi connectivity index (χ1) is 10.4. The van der Waals surface area contributed by atoms with Crippen molar-refractivity contribution in [1.29, 1.82) is 0 Å². The van der Waals surface area contributed by atoms with E-state index in [2.05, 4.69) is 0 Å². The van der Waals surface area contributed by atoms with Crippen LogP contribution >= 0.6 is 0 Å². The fraction of sp³-hybridized carbons (Fsp3) is 0.533. The molecule has 2 rings (SSSR count). The quantitative estimate of drug-likeness (QED) is 0.629. The second-order valence-corrected chi connectivity index (χ2v) is 5.47. The van der Waals surface area contributed by atoms with E-state index < -0.39 is 10.5 Å². The van der Waals surface area contributed by atoms with Gasteiger partial charge in [0.1, 0.15) is 5.56 Å². The normalized spacial score (nSPS) is 21.5. The van der Waals surface area contributed by atoms with Gasteiger partial charge in [-0.15, -0.1) is 0 Å². The lowest BCUT2D eigenvalue weighted by atomic mass is 9.94. The van der Waals surface area contributed by atoms with Crippen LogP contribution in [0.5, 0.6) is 5.75 Å². The van der Waals surface area contributed by atoms with Crippen molar-refractivity contribution in [2.75, 3.05) is 26.9 Å². The lowest BCUT2D eigenvalue weighted by Gasteiger charge is -2.44. The predicted molar refractivity (Wildman–Crippen MR) is 80.2 cm³/mol. The summed E-state index contributed by atoms with van der Waals surface area (Å²) in [5.74, 6) is -0.277. The highest BCUT2D eigenvalue weighted by molar-refractivity contribution is 5.99. The third-order valence-corrected chi connectivity index (χ3v) is 4.16. The smallest absolute Gasteiger partial charge is 0.323 e. The van der Waals surface area contributed by atoms with Gasteiger partial charge in [-0.25, -0.2) is 0 Å². The number of nitro benzene ring substituents is 1. The van der Waals surface area contributed by atoms with E-state index in [0.29, 0.717) is 26.2 Å². The Bertz CT molecular complexity index is 589. The molecular formula is C15H20N2O5. The van der Waals surface area contributed by atoms with E-state index in [1.807, 2.05) is 13.8 Å². The second kappa shape index (κ2) is 6.31. The number of para-hydroxylation sites is 1. The molecule has 7 nitrogen and oxygen atoms in total. The van der Waals surface area contributed by atoms with Gasteiger partial charge in [0, 0.05) is 6.54 Å². The molecule has 120 valence electrons. The Balaban J connectivity index is 2.47. The minimum absolute atomic E-state index is 0.0472. The molecule has 0 aromatic heterocycles. The first-order valence-corrected chi connectivity index (χ1v) is 7.15. The summed E-state index contributed by atoms with van der Waals surface area (Å²) in [7, 11) is 1.35. The molecule has 0 bridgehead atoms. The zero-order chi connectivity index (χ0) is 16.3. The number of carbonyl (C=O) groups excluding carboxylic acids is 1. The van der Waals surface area contributed by atoms with Crippen LogP contribution in [0.25, 0.3) is 0 Å². The van der Waals surface area contributed by atoms with Crippen LogP contribution in [0.4, 0.5) is 5.69 Å². The average Bonchev–Trinajstić information content (AvgIpc) is 2.53. The Labute approximate surface area is 129 Å². The van der Waals surface area contributed by atoms with E-state index in [4.69, 9.17) is 9.47 Å². The van der Waals surface area contributed by atoms with Crippen molar-refractivity contribution in [2.24, 2.45) is 0 Å². The number of carbonyl (C=O) groups is 1. The number of nitro groups is 1. The van der Waals surface area contributed by atoms with Crippen LogP contribution in [0.1, 0.15) is 30.6 Å². The molecule has 1 fully saturated rings. The summed E-state index contributed by atoms with van der Waals surface area (Å²) in [6.07, 6.45) is 0.705. The fourth-order valence-corrected chi connectivity index (χ4v) is 2.63. The Morgan fingerprint density at radius 3 is 2.86 bits per heavy atom. The third-order valence-electron chi connectivity index (χ3n) is 4.16. The summed E-state index contributed by atoms with van der Waals surface area (Å²) < 4.78 is 10.5. The first-order valence-electron chi connectivity index (χ1n) is 7.15. The Morgan fingerprint density at radius 1 is 1.55 bits per heavy atom.